The molecule has 2 amide bonds. The summed E-state index contributed by atoms with van der Waals surface area (Å²) in [5.41, 5.74) is 4.26. The summed E-state index contributed by atoms with van der Waals surface area (Å²) in [7, 11) is 2.17. The molecule has 1 aromatic carbocycles. The molecule has 0 saturated carbocycles. The predicted octanol–water partition coefficient (Wildman–Crippen LogP) is 7.58. The normalized spacial score (nSPS) is 23.3. The van der Waals surface area contributed by atoms with Gasteiger partial charge in [-0.2, -0.15) is 15.3 Å². The molecular formula is C43H52BrN11O4. The zero-order valence-electron chi connectivity index (χ0n) is 33.7. The molecule has 15 nitrogen and oxygen atoms in total. The van der Waals surface area contributed by atoms with E-state index in [1.54, 1.807) is 29.7 Å². The van der Waals surface area contributed by atoms with Crippen LogP contribution in [0.1, 0.15) is 101 Å². The highest BCUT2D eigenvalue weighted by molar-refractivity contribution is 9.10. The Morgan fingerprint density at radius 3 is 2.15 bits per heavy atom. The van der Waals surface area contributed by atoms with E-state index >= 15 is 0 Å². The zero-order valence-corrected chi connectivity index (χ0v) is 35.3. The largest absolute Gasteiger partial charge is 0.356 e. The van der Waals surface area contributed by atoms with E-state index in [1.807, 2.05) is 21.8 Å². The van der Waals surface area contributed by atoms with Gasteiger partial charge in [-0.25, -0.2) is 9.36 Å². The van der Waals surface area contributed by atoms with Crippen LogP contribution >= 0.6 is 15.9 Å². The van der Waals surface area contributed by atoms with Crippen molar-refractivity contribution in [1.82, 2.24) is 49.1 Å². The van der Waals surface area contributed by atoms with E-state index in [4.69, 9.17) is 14.6 Å². The number of carbonyl (C=O) groups excluding carboxylic acids is 2. The Bertz CT molecular complexity index is 2430. The van der Waals surface area contributed by atoms with E-state index in [2.05, 4.69) is 89.4 Å². The number of nitrogens with one attached hydrogen (secondary N) is 1. The van der Waals surface area contributed by atoms with Crippen LogP contribution in [0.4, 0.5) is 5.69 Å². The summed E-state index contributed by atoms with van der Waals surface area (Å²) in [5, 5.41) is 19.6. The summed E-state index contributed by atoms with van der Waals surface area (Å²) in [6.45, 7) is 6.32. The Balaban J connectivity index is 0.000000233. The maximum atomic E-state index is 13.8. The van der Waals surface area contributed by atoms with Gasteiger partial charge >= 0.3 is 11.8 Å². The number of aromatic nitrogens is 8. The number of amides is 2. The maximum Gasteiger partial charge on any atom is 0.314 e. The van der Waals surface area contributed by atoms with Gasteiger partial charge in [0.25, 0.3) is 0 Å². The fourth-order valence-corrected chi connectivity index (χ4v) is 9.60. The molecular weight excluding hydrogens is 814 g/mol. The van der Waals surface area contributed by atoms with Gasteiger partial charge in [-0.3, -0.25) is 24.2 Å². The molecule has 0 aliphatic carbocycles. The summed E-state index contributed by atoms with van der Waals surface area (Å²) in [6, 6.07) is 6.50. The van der Waals surface area contributed by atoms with Crippen LogP contribution in [0.3, 0.4) is 0 Å². The van der Waals surface area contributed by atoms with Gasteiger partial charge in [0.15, 0.2) is 12.5 Å². The highest BCUT2D eigenvalue weighted by Crippen LogP contribution is 2.36. The Morgan fingerprint density at radius 1 is 0.780 bits per heavy atom. The van der Waals surface area contributed by atoms with Crippen LogP contribution in [0.25, 0.3) is 32.7 Å². The van der Waals surface area contributed by atoms with E-state index < -0.39 is 11.8 Å². The van der Waals surface area contributed by atoms with Crippen molar-refractivity contribution in [3.05, 3.63) is 71.6 Å². The standard InChI is InChI=1S/C32H40N8O3.C11H12BrN3O/c1-21-6-9-28(22-7-8-26-23(15-22)20-39(36-26)25-10-12-37(2)13-11-25)38(19-21)32(42)31(41)35-27-18-33-16-24-17-34-40(30(24)27)29-5-3-4-14-43-29;12-9-7-13-5-8-6-14-15(11(8)9)10-3-1-2-4-16-10/h7-8,15-18,20-21,25,28-29H,3-6,9-14,19H2,1-2H3,(H,35,41);5-7,10H,1-4H2/t21-,28+,29?;/m0./s1. The van der Waals surface area contributed by atoms with Crippen molar-refractivity contribution in [3.63, 3.8) is 0 Å². The van der Waals surface area contributed by atoms with Crippen LogP contribution in [0, 0.1) is 5.92 Å². The Morgan fingerprint density at radius 2 is 1.46 bits per heavy atom. The quantitative estimate of drug-likeness (QED) is 0.172. The number of carbonyl (C=O) groups is 2. The molecule has 0 bridgehead atoms. The topological polar surface area (TPSA) is 150 Å². The summed E-state index contributed by atoms with van der Waals surface area (Å²) in [4.78, 5) is 39.9. The second kappa shape index (κ2) is 17.4. The number of piperidine rings is 2. The fourth-order valence-electron chi connectivity index (χ4n) is 9.07. The van der Waals surface area contributed by atoms with E-state index in [0.29, 0.717) is 30.8 Å². The molecule has 1 N–H and O–H groups in total. The number of ether oxygens (including phenoxy) is 2. The summed E-state index contributed by atoms with van der Waals surface area (Å²) >= 11 is 3.51. The Labute approximate surface area is 351 Å². The van der Waals surface area contributed by atoms with E-state index in [0.717, 1.165) is 120 Å². The van der Waals surface area contributed by atoms with Gasteiger partial charge in [-0.05, 0) is 124 Å². The number of benzene rings is 1. The minimum atomic E-state index is -0.665. The lowest BCUT2D eigenvalue weighted by Gasteiger charge is -2.38. The average Bonchev–Trinajstić information content (AvgIpc) is 4.03. The lowest BCUT2D eigenvalue weighted by molar-refractivity contribution is -0.146. The molecule has 4 aliphatic heterocycles. The van der Waals surface area contributed by atoms with Gasteiger partial charge < -0.3 is 24.6 Å². The lowest BCUT2D eigenvalue weighted by Crippen LogP contribution is -2.46. The molecule has 59 heavy (non-hydrogen) atoms. The number of anilines is 1. The molecule has 4 atom stereocenters. The van der Waals surface area contributed by atoms with Gasteiger partial charge in [0, 0.05) is 60.7 Å². The molecule has 4 fully saturated rings. The first-order chi connectivity index (χ1) is 28.8. The van der Waals surface area contributed by atoms with Gasteiger partial charge in [0.05, 0.1) is 57.4 Å². The minimum Gasteiger partial charge on any atom is -0.356 e. The third-order valence-corrected chi connectivity index (χ3v) is 12.9. The van der Waals surface area contributed by atoms with Crippen molar-refractivity contribution in [1.29, 1.82) is 0 Å². The third-order valence-electron chi connectivity index (χ3n) is 12.3. The second-order valence-electron chi connectivity index (χ2n) is 16.6. The van der Waals surface area contributed by atoms with E-state index in [9.17, 15) is 9.59 Å². The molecule has 5 aromatic heterocycles. The number of rotatable bonds is 5. The predicted molar refractivity (Wildman–Crippen MR) is 227 cm³/mol. The molecule has 10 rings (SSSR count). The lowest BCUT2D eigenvalue weighted by atomic mass is 9.89. The minimum absolute atomic E-state index is 0.0740. The van der Waals surface area contributed by atoms with Crippen LogP contribution < -0.4 is 5.32 Å². The summed E-state index contributed by atoms with van der Waals surface area (Å²) in [6.07, 6.45) is 22.8. The van der Waals surface area contributed by atoms with Crippen LogP contribution in [-0.4, -0.2) is 101 Å². The van der Waals surface area contributed by atoms with Gasteiger partial charge in [0.2, 0.25) is 0 Å². The van der Waals surface area contributed by atoms with Crippen LogP contribution in [0.2, 0.25) is 0 Å². The average molecular weight is 867 g/mol. The summed E-state index contributed by atoms with van der Waals surface area (Å²) < 4.78 is 18.6. The molecule has 6 aromatic rings. The maximum absolute atomic E-state index is 13.8. The number of nitrogens with zero attached hydrogens (tertiary/aromatic N) is 10. The van der Waals surface area contributed by atoms with Crippen molar-refractivity contribution >= 4 is 66.1 Å². The number of hydrogen-bond donors (Lipinski definition) is 1. The van der Waals surface area contributed by atoms with Crippen molar-refractivity contribution in [2.24, 2.45) is 5.92 Å². The van der Waals surface area contributed by atoms with Crippen molar-refractivity contribution in [2.45, 2.75) is 95.7 Å². The van der Waals surface area contributed by atoms with Crippen LogP contribution in [0.15, 0.2) is 66.0 Å². The first-order valence-corrected chi connectivity index (χ1v) is 21.9. The Kier molecular flexibility index (Phi) is 11.7. The van der Waals surface area contributed by atoms with Crippen LogP contribution in [0.5, 0.6) is 0 Å². The number of halogens is 1. The number of pyridine rings is 2. The van der Waals surface area contributed by atoms with Crippen molar-refractivity contribution in [2.75, 3.05) is 45.2 Å². The van der Waals surface area contributed by atoms with Crippen molar-refractivity contribution < 1.29 is 19.1 Å². The monoisotopic (exact) mass is 865 g/mol. The summed E-state index contributed by atoms with van der Waals surface area (Å²) in [5.74, 6) is -0.892. The molecule has 0 spiro atoms. The SMILES string of the molecule is Brc1cncc2cnn(C3CCCCO3)c12.C[C@H]1CC[C@H](c2ccc3nn(C4CCN(C)CC4)cc3c2)N(C(=O)C(=O)Nc2cncc3cnn(C4CCCCO4)c23)C1. The van der Waals surface area contributed by atoms with Gasteiger partial charge in [-0.1, -0.05) is 13.0 Å². The van der Waals surface area contributed by atoms with Gasteiger partial charge in [-0.15, -0.1) is 0 Å². The highest BCUT2D eigenvalue weighted by Gasteiger charge is 2.35. The molecule has 0 radical (unpaired) electrons. The van der Waals surface area contributed by atoms with E-state index in [-0.39, 0.29) is 18.5 Å². The smallest absolute Gasteiger partial charge is 0.314 e. The highest BCUT2D eigenvalue weighted by atomic mass is 79.9. The van der Waals surface area contributed by atoms with E-state index in [1.165, 1.54) is 6.42 Å². The first kappa shape index (κ1) is 39.7. The van der Waals surface area contributed by atoms with Crippen molar-refractivity contribution in [3.8, 4) is 0 Å². The fraction of sp³-hybridized carbons (Fsp3) is 0.512. The second-order valence-corrected chi connectivity index (χ2v) is 17.4. The number of hydrogen-bond acceptors (Lipinski definition) is 10. The molecule has 4 saturated heterocycles. The molecule has 9 heterocycles. The van der Waals surface area contributed by atoms with Gasteiger partial charge in [0.1, 0.15) is 0 Å². The zero-order chi connectivity index (χ0) is 40.5. The molecule has 2 unspecified atom stereocenters. The molecule has 16 heteroatoms. The Hall–Kier alpha value is -4.77. The number of likely N-dealkylation sites (tertiary alicyclic amines) is 2. The first-order valence-electron chi connectivity index (χ1n) is 21.1. The van der Waals surface area contributed by atoms with Crippen LogP contribution in [-0.2, 0) is 19.1 Å². The molecule has 4 aliphatic rings. The third kappa shape index (κ3) is 8.37. The molecule has 310 valence electrons. The number of fused-ring (bicyclic) bond motifs is 3.